The summed E-state index contributed by atoms with van der Waals surface area (Å²) >= 11 is 0. The highest BCUT2D eigenvalue weighted by molar-refractivity contribution is 5.70. The first-order chi connectivity index (χ1) is 10.4. The molecule has 0 bridgehead atoms. The summed E-state index contributed by atoms with van der Waals surface area (Å²) in [5, 5.41) is 38.7. The number of fused-ring (bicyclic) bond motifs is 1. The van der Waals surface area contributed by atoms with Crippen LogP contribution in [0.25, 0.3) is 11.2 Å². The molecule has 1 aliphatic heterocycles. The summed E-state index contributed by atoms with van der Waals surface area (Å²) in [6.45, 7) is -0.562. The van der Waals surface area contributed by atoms with Crippen LogP contribution in [-0.2, 0) is 4.74 Å². The van der Waals surface area contributed by atoms with Crippen molar-refractivity contribution in [2.75, 3.05) is 12.3 Å². The molecular formula is C11H15N5O6. The summed E-state index contributed by atoms with van der Waals surface area (Å²) in [4.78, 5) is 24.5. The van der Waals surface area contributed by atoms with Crippen molar-refractivity contribution in [2.24, 2.45) is 0 Å². The van der Waals surface area contributed by atoms with Crippen molar-refractivity contribution < 1.29 is 25.2 Å². The van der Waals surface area contributed by atoms with Gasteiger partial charge in [-0.15, -0.1) is 0 Å². The van der Waals surface area contributed by atoms with Gasteiger partial charge < -0.3 is 35.9 Å². The first kappa shape index (κ1) is 14.9. The summed E-state index contributed by atoms with van der Waals surface area (Å²) < 4.78 is 5.34. The fourth-order valence-corrected chi connectivity index (χ4v) is 2.40. The Kier molecular flexibility index (Phi) is 3.58. The van der Waals surface area contributed by atoms with Gasteiger partial charge in [-0.25, -0.2) is 4.98 Å². The van der Waals surface area contributed by atoms with E-state index < -0.39 is 42.7 Å². The molecule has 11 heteroatoms. The molecule has 5 atom stereocenters. The zero-order chi connectivity index (χ0) is 16.0. The minimum absolute atomic E-state index is 0.0215. The maximum absolute atomic E-state index is 11.7. The molecule has 0 amide bonds. The number of nitrogens with two attached hydrogens (primary N) is 1. The van der Waals surface area contributed by atoms with Crippen molar-refractivity contribution in [3.8, 4) is 0 Å². The van der Waals surface area contributed by atoms with Crippen molar-refractivity contribution in [3.05, 3.63) is 16.2 Å². The second-order valence-electron chi connectivity index (χ2n) is 5.02. The molecule has 22 heavy (non-hydrogen) atoms. The molecule has 0 radical (unpaired) electrons. The predicted molar refractivity (Wildman–Crippen MR) is 71.6 cm³/mol. The molecule has 3 rings (SSSR count). The van der Waals surface area contributed by atoms with E-state index in [1.807, 2.05) is 0 Å². The monoisotopic (exact) mass is 313 g/mol. The van der Waals surface area contributed by atoms with E-state index in [1.54, 1.807) is 0 Å². The van der Waals surface area contributed by atoms with Crippen molar-refractivity contribution in [2.45, 2.75) is 30.5 Å². The van der Waals surface area contributed by atoms with Crippen LogP contribution in [0, 0.1) is 0 Å². The van der Waals surface area contributed by atoms with Crippen LogP contribution in [0.4, 0.5) is 5.95 Å². The number of aromatic amines is 2. The zero-order valence-electron chi connectivity index (χ0n) is 11.2. The number of nitrogens with one attached hydrogen (secondary N) is 2. The second-order valence-corrected chi connectivity index (χ2v) is 5.02. The largest absolute Gasteiger partial charge is 0.394 e. The summed E-state index contributed by atoms with van der Waals surface area (Å²) in [5.74, 6) is -0.0974. The van der Waals surface area contributed by atoms with Crippen LogP contribution in [0.3, 0.4) is 0 Å². The number of nitrogens with zero attached hydrogens (tertiary/aromatic N) is 2. The third-order valence-corrected chi connectivity index (χ3v) is 3.56. The Morgan fingerprint density at radius 3 is 2.55 bits per heavy atom. The standard InChI is InChI=1S/C11H15N5O6/c12-11-15-8-3(10(21)16-11)13-9(14-8)7-6(20)5(19)4(18)2(1-17)22-7/h2,4-7,17-20H,1H2,(H4,12,13,14,15,16,21)/t2-,4+,5+,6-,7?/m1/s1. The van der Waals surface area contributed by atoms with E-state index in [0.717, 1.165) is 0 Å². The molecule has 1 saturated heterocycles. The van der Waals surface area contributed by atoms with Gasteiger partial charge in [0.05, 0.1) is 6.61 Å². The molecule has 0 aromatic carbocycles. The lowest BCUT2D eigenvalue weighted by Crippen LogP contribution is -2.55. The lowest BCUT2D eigenvalue weighted by Gasteiger charge is -2.39. The normalized spacial score (nSPS) is 32.5. The van der Waals surface area contributed by atoms with E-state index in [-0.39, 0.29) is 22.9 Å². The van der Waals surface area contributed by atoms with Crippen LogP contribution in [0.1, 0.15) is 11.9 Å². The van der Waals surface area contributed by atoms with Crippen LogP contribution in [0.5, 0.6) is 0 Å². The molecular weight excluding hydrogens is 298 g/mol. The number of hydrogen-bond acceptors (Lipinski definition) is 9. The SMILES string of the molecule is Nc1nc2nc(C3O[C@H](CO)[C@H](O)[C@H](O)[C@H]3O)[nH]c2c(=O)[nH]1. The van der Waals surface area contributed by atoms with E-state index in [0.29, 0.717) is 0 Å². The summed E-state index contributed by atoms with van der Waals surface area (Å²) in [5.41, 5.74) is 4.92. The van der Waals surface area contributed by atoms with Crippen LogP contribution in [0.2, 0.25) is 0 Å². The van der Waals surface area contributed by atoms with Gasteiger partial charge in [0.2, 0.25) is 5.95 Å². The number of aromatic nitrogens is 4. The third kappa shape index (κ3) is 2.24. The number of nitrogen functional groups attached to an aromatic ring is 1. The van der Waals surface area contributed by atoms with Crippen LogP contribution in [-0.4, -0.2) is 71.4 Å². The van der Waals surface area contributed by atoms with Gasteiger partial charge in [-0.1, -0.05) is 0 Å². The van der Waals surface area contributed by atoms with E-state index in [9.17, 15) is 20.1 Å². The molecule has 11 nitrogen and oxygen atoms in total. The molecule has 0 aliphatic carbocycles. The fraction of sp³-hybridized carbons (Fsp3) is 0.545. The maximum atomic E-state index is 11.7. The molecule has 0 saturated carbocycles. The predicted octanol–water partition coefficient (Wildman–Crippen LogP) is -3.26. The van der Waals surface area contributed by atoms with Gasteiger partial charge in [-0.05, 0) is 0 Å². The van der Waals surface area contributed by atoms with Crippen molar-refractivity contribution in [1.82, 2.24) is 19.9 Å². The Hall–Kier alpha value is -2.05. The van der Waals surface area contributed by atoms with Gasteiger partial charge in [0, 0.05) is 0 Å². The quantitative estimate of drug-likeness (QED) is 0.298. The Labute approximate surface area is 122 Å². The van der Waals surface area contributed by atoms with Crippen molar-refractivity contribution >= 4 is 17.1 Å². The van der Waals surface area contributed by atoms with Crippen LogP contribution >= 0.6 is 0 Å². The topological polar surface area (TPSA) is 191 Å². The zero-order valence-corrected chi connectivity index (χ0v) is 11.2. The van der Waals surface area contributed by atoms with Gasteiger partial charge >= 0.3 is 0 Å². The highest BCUT2D eigenvalue weighted by Crippen LogP contribution is 2.31. The molecule has 120 valence electrons. The van der Waals surface area contributed by atoms with E-state index in [1.165, 1.54) is 0 Å². The molecule has 3 heterocycles. The van der Waals surface area contributed by atoms with Crippen molar-refractivity contribution in [3.63, 3.8) is 0 Å². The Morgan fingerprint density at radius 1 is 1.14 bits per heavy atom. The summed E-state index contributed by atoms with van der Waals surface area (Å²) in [6, 6.07) is 0. The lowest BCUT2D eigenvalue weighted by atomic mass is 9.95. The molecule has 1 unspecified atom stereocenters. The Morgan fingerprint density at radius 2 is 1.86 bits per heavy atom. The van der Waals surface area contributed by atoms with Gasteiger partial charge in [0.15, 0.2) is 11.2 Å². The number of ether oxygens (including phenoxy) is 1. The molecule has 1 fully saturated rings. The number of rotatable bonds is 2. The van der Waals surface area contributed by atoms with Gasteiger partial charge in [0.25, 0.3) is 5.56 Å². The minimum atomic E-state index is -1.54. The Bertz CT molecular complexity index is 742. The number of anilines is 1. The third-order valence-electron chi connectivity index (χ3n) is 3.56. The van der Waals surface area contributed by atoms with E-state index in [4.69, 9.17) is 15.6 Å². The highest BCUT2D eigenvalue weighted by Gasteiger charge is 2.45. The fourth-order valence-electron chi connectivity index (χ4n) is 2.40. The molecule has 0 spiro atoms. The van der Waals surface area contributed by atoms with Crippen molar-refractivity contribution in [1.29, 1.82) is 0 Å². The average molecular weight is 313 g/mol. The number of aliphatic hydroxyl groups excluding tert-OH is 4. The molecule has 2 aromatic heterocycles. The number of hydrogen-bond donors (Lipinski definition) is 7. The summed E-state index contributed by atoms with van der Waals surface area (Å²) in [6.07, 6.45) is -6.77. The average Bonchev–Trinajstić information content (AvgIpc) is 2.89. The summed E-state index contributed by atoms with van der Waals surface area (Å²) in [7, 11) is 0. The molecule has 8 N–H and O–H groups in total. The van der Waals surface area contributed by atoms with E-state index in [2.05, 4.69) is 19.9 Å². The van der Waals surface area contributed by atoms with Gasteiger partial charge in [0.1, 0.15) is 36.3 Å². The highest BCUT2D eigenvalue weighted by atomic mass is 16.5. The molecule has 1 aliphatic rings. The molecule has 2 aromatic rings. The Balaban J connectivity index is 2.02. The lowest BCUT2D eigenvalue weighted by molar-refractivity contribution is -0.233. The second kappa shape index (κ2) is 5.30. The van der Waals surface area contributed by atoms with E-state index >= 15 is 0 Å². The number of aliphatic hydroxyl groups is 4. The van der Waals surface area contributed by atoms with Gasteiger partial charge in [-0.2, -0.15) is 4.98 Å². The number of H-pyrrole nitrogens is 2. The van der Waals surface area contributed by atoms with Gasteiger partial charge in [-0.3, -0.25) is 9.78 Å². The smallest absolute Gasteiger partial charge is 0.278 e. The first-order valence-corrected chi connectivity index (χ1v) is 6.48. The first-order valence-electron chi connectivity index (χ1n) is 6.48. The minimum Gasteiger partial charge on any atom is -0.394 e. The number of imidazole rings is 1. The van der Waals surface area contributed by atoms with Crippen LogP contribution < -0.4 is 11.3 Å². The van der Waals surface area contributed by atoms with Crippen LogP contribution in [0.15, 0.2) is 4.79 Å². The maximum Gasteiger partial charge on any atom is 0.278 e.